The fraction of sp³-hybridized carbons (Fsp3) is 0.350. The second-order valence-corrected chi connectivity index (χ2v) is 8.03. The Morgan fingerprint density at radius 1 is 1.19 bits per heavy atom. The Bertz CT molecular complexity index is 891. The molecular formula is C20H25N3O3S. The summed E-state index contributed by atoms with van der Waals surface area (Å²) < 4.78 is 31.9. The summed E-state index contributed by atoms with van der Waals surface area (Å²) >= 11 is 0. The van der Waals surface area contributed by atoms with E-state index in [-0.39, 0.29) is 10.9 Å². The van der Waals surface area contributed by atoms with Crippen molar-refractivity contribution in [2.24, 2.45) is 0 Å². The third kappa shape index (κ3) is 6.36. The van der Waals surface area contributed by atoms with Crippen LogP contribution in [-0.4, -0.2) is 22.1 Å². The first-order valence-corrected chi connectivity index (χ1v) is 10.3. The maximum Gasteiger partial charge on any atom is 0.240 e. The van der Waals surface area contributed by atoms with E-state index in [4.69, 9.17) is 10.00 Å². The van der Waals surface area contributed by atoms with E-state index in [1.807, 2.05) is 37.3 Å². The molecule has 0 aliphatic rings. The van der Waals surface area contributed by atoms with Crippen molar-refractivity contribution in [3.05, 3.63) is 59.7 Å². The molecule has 0 saturated heterocycles. The van der Waals surface area contributed by atoms with E-state index in [0.717, 1.165) is 16.9 Å². The first-order chi connectivity index (χ1) is 13.0. The van der Waals surface area contributed by atoms with Crippen LogP contribution in [0.25, 0.3) is 0 Å². The van der Waals surface area contributed by atoms with Gasteiger partial charge in [-0.3, -0.25) is 0 Å². The number of benzene rings is 2. The van der Waals surface area contributed by atoms with Crippen LogP contribution in [0.1, 0.15) is 36.9 Å². The van der Waals surface area contributed by atoms with Gasteiger partial charge in [0.2, 0.25) is 10.0 Å². The molecule has 0 aromatic heterocycles. The van der Waals surface area contributed by atoms with Gasteiger partial charge < -0.3 is 10.1 Å². The Morgan fingerprint density at radius 2 is 1.96 bits per heavy atom. The van der Waals surface area contributed by atoms with Crippen LogP contribution in [0.5, 0.6) is 5.75 Å². The minimum atomic E-state index is -3.45. The number of nitrogens with zero attached hydrogens (tertiary/aromatic N) is 1. The highest BCUT2D eigenvalue weighted by Crippen LogP contribution is 2.19. The van der Waals surface area contributed by atoms with E-state index in [2.05, 4.69) is 16.1 Å². The number of sulfonamides is 1. The molecule has 0 amide bonds. The second-order valence-electron chi connectivity index (χ2n) is 6.14. The molecule has 144 valence electrons. The lowest BCUT2D eigenvalue weighted by Gasteiger charge is -2.16. The third-order valence-electron chi connectivity index (χ3n) is 4.15. The topological polar surface area (TPSA) is 91.2 Å². The summed E-state index contributed by atoms with van der Waals surface area (Å²) in [4.78, 5) is 0.254. The van der Waals surface area contributed by atoms with Crippen molar-refractivity contribution in [2.45, 2.75) is 37.2 Å². The summed E-state index contributed by atoms with van der Waals surface area (Å²) in [6.07, 6.45) is 1.20. The molecule has 1 unspecified atom stereocenters. The van der Waals surface area contributed by atoms with Crippen molar-refractivity contribution in [3.8, 4) is 11.8 Å². The highest BCUT2D eigenvalue weighted by atomic mass is 32.2. The molecule has 2 aromatic carbocycles. The zero-order valence-electron chi connectivity index (χ0n) is 15.6. The Balaban J connectivity index is 1.97. The monoisotopic (exact) mass is 387 g/mol. The number of nitrogens with one attached hydrogen (secondary N) is 2. The van der Waals surface area contributed by atoms with Crippen molar-refractivity contribution >= 4 is 10.0 Å². The normalized spacial score (nSPS) is 12.3. The maximum atomic E-state index is 12.0. The number of unbranched alkanes of at least 4 members (excludes halogenated alkanes) is 1. The molecular weight excluding hydrogens is 362 g/mol. The molecule has 7 heteroatoms. The predicted molar refractivity (Wildman–Crippen MR) is 105 cm³/mol. The van der Waals surface area contributed by atoms with Crippen molar-refractivity contribution in [1.29, 1.82) is 5.26 Å². The van der Waals surface area contributed by atoms with Gasteiger partial charge in [-0.05, 0) is 55.8 Å². The summed E-state index contributed by atoms with van der Waals surface area (Å²) in [6.45, 7) is 3.14. The van der Waals surface area contributed by atoms with Gasteiger partial charge in [-0.1, -0.05) is 24.3 Å². The predicted octanol–water partition coefficient (Wildman–Crippen LogP) is 3.13. The van der Waals surface area contributed by atoms with Crippen molar-refractivity contribution in [2.75, 3.05) is 13.7 Å². The molecule has 0 aliphatic carbocycles. The van der Waals surface area contributed by atoms with Crippen LogP contribution in [-0.2, 0) is 16.6 Å². The van der Waals surface area contributed by atoms with Crippen molar-refractivity contribution in [1.82, 2.24) is 10.0 Å². The van der Waals surface area contributed by atoms with Gasteiger partial charge in [0, 0.05) is 19.0 Å². The zero-order valence-corrected chi connectivity index (χ0v) is 16.4. The Hall–Kier alpha value is -2.40. The van der Waals surface area contributed by atoms with Crippen LogP contribution in [0.4, 0.5) is 0 Å². The molecule has 1 atom stereocenters. The Labute approximate surface area is 161 Å². The largest absolute Gasteiger partial charge is 0.494 e. The number of hydrogen-bond acceptors (Lipinski definition) is 5. The van der Waals surface area contributed by atoms with Crippen LogP contribution in [0, 0.1) is 11.3 Å². The van der Waals surface area contributed by atoms with E-state index < -0.39 is 10.0 Å². The lowest BCUT2D eigenvalue weighted by Crippen LogP contribution is -2.21. The van der Waals surface area contributed by atoms with E-state index in [9.17, 15) is 8.42 Å². The standard InChI is InChI=1S/C20H25N3O3S/c1-16(18-8-6-10-20(14-18)27(24,25)22-2)23-15-17-7-5-9-19(13-17)26-12-4-3-11-21/h5-10,13-14,16,22-23H,3-4,12,15H2,1-2H3. The lowest BCUT2D eigenvalue weighted by molar-refractivity contribution is 0.312. The van der Waals surface area contributed by atoms with Crippen LogP contribution < -0.4 is 14.8 Å². The minimum Gasteiger partial charge on any atom is -0.494 e. The highest BCUT2D eigenvalue weighted by molar-refractivity contribution is 7.89. The lowest BCUT2D eigenvalue weighted by atomic mass is 10.1. The van der Waals surface area contributed by atoms with Gasteiger partial charge in [0.25, 0.3) is 0 Å². The average Bonchev–Trinajstić information content (AvgIpc) is 2.70. The molecule has 0 bridgehead atoms. The minimum absolute atomic E-state index is 0.0165. The van der Waals surface area contributed by atoms with Gasteiger partial charge in [-0.25, -0.2) is 13.1 Å². The molecule has 2 rings (SSSR count). The van der Waals surface area contributed by atoms with Gasteiger partial charge >= 0.3 is 0 Å². The quantitative estimate of drug-likeness (QED) is 0.611. The molecule has 0 saturated carbocycles. The molecule has 6 nitrogen and oxygen atoms in total. The SMILES string of the molecule is CNS(=O)(=O)c1cccc(C(C)NCc2cccc(OCCCC#N)c2)c1. The van der Waals surface area contributed by atoms with Gasteiger partial charge in [-0.15, -0.1) is 0 Å². The summed E-state index contributed by atoms with van der Waals surface area (Å²) in [5, 5.41) is 12.0. The molecule has 0 fully saturated rings. The summed E-state index contributed by atoms with van der Waals surface area (Å²) in [6, 6.07) is 16.8. The van der Waals surface area contributed by atoms with Crippen LogP contribution in [0.3, 0.4) is 0 Å². The third-order valence-corrected chi connectivity index (χ3v) is 5.56. The molecule has 27 heavy (non-hydrogen) atoms. The second kappa shape index (κ2) is 10.1. The first-order valence-electron chi connectivity index (χ1n) is 8.82. The fourth-order valence-electron chi connectivity index (χ4n) is 2.54. The molecule has 0 spiro atoms. The van der Waals surface area contributed by atoms with Gasteiger partial charge in [-0.2, -0.15) is 5.26 Å². The summed E-state index contributed by atoms with van der Waals surface area (Å²) in [5.74, 6) is 0.780. The van der Waals surface area contributed by atoms with E-state index >= 15 is 0 Å². The number of ether oxygens (including phenoxy) is 1. The van der Waals surface area contributed by atoms with Crippen LogP contribution in [0.15, 0.2) is 53.4 Å². The number of hydrogen-bond donors (Lipinski definition) is 2. The van der Waals surface area contributed by atoms with Crippen LogP contribution in [0.2, 0.25) is 0 Å². The Kier molecular flexibility index (Phi) is 7.80. The van der Waals surface area contributed by atoms with Gasteiger partial charge in [0.05, 0.1) is 17.6 Å². The number of rotatable bonds is 10. The molecule has 0 heterocycles. The van der Waals surface area contributed by atoms with E-state index in [1.54, 1.807) is 18.2 Å². The average molecular weight is 388 g/mol. The summed E-state index contributed by atoms with van der Waals surface area (Å²) in [5.41, 5.74) is 1.97. The summed E-state index contributed by atoms with van der Waals surface area (Å²) in [7, 11) is -2.05. The molecule has 0 radical (unpaired) electrons. The van der Waals surface area contributed by atoms with Crippen molar-refractivity contribution in [3.63, 3.8) is 0 Å². The van der Waals surface area contributed by atoms with E-state index in [1.165, 1.54) is 7.05 Å². The Morgan fingerprint density at radius 3 is 2.70 bits per heavy atom. The van der Waals surface area contributed by atoms with E-state index in [0.29, 0.717) is 26.0 Å². The molecule has 2 N–H and O–H groups in total. The molecule has 0 aliphatic heterocycles. The molecule has 2 aromatic rings. The van der Waals surface area contributed by atoms with Crippen LogP contribution >= 0.6 is 0 Å². The number of nitriles is 1. The fourth-order valence-corrected chi connectivity index (χ4v) is 3.33. The van der Waals surface area contributed by atoms with Crippen molar-refractivity contribution < 1.29 is 13.2 Å². The zero-order chi connectivity index (χ0) is 19.7. The smallest absolute Gasteiger partial charge is 0.240 e. The highest BCUT2D eigenvalue weighted by Gasteiger charge is 2.13. The maximum absolute atomic E-state index is 12.0. The van der Waals surface area contributed by atoms with Gasteiger partial charge in [0.1, 0.15) is 5.75 Å². The van der Waals surface area contributed by atoms with Gasteiger partial charge in [0.15, 0.2) is 0 Å². The first kappa shape index (κ1) is 20.9.